The Morgan fingerprint density at radius 2 is 2.13 bits per heavy atom. The second-order valence-electron chi connectivity index (χ2n) is 6.80. The van der Waals surface area contributed by atoms with Gasteiger partial charge in [-0.1, -0.05) is 0 Å². The third-order valence-corrected chi connectivity index (χ3v) is 5.43. The maximum atomic E-state index is 12.2. The normalized spacial score (nSPS) is 21.1. The summed E-state index contributed by atoms with van der Waals surface area (Å²) in [5.41, 5.74) is 1.43. The highest BCUT2D eigenvalue weighted by atomic mass is 32.1. The summed E-state index contributed by atoms with van der Waals surface area (Å²) < 4.78 is 0. The van der Waals surface area contributed by atoms with Crippen molar-refractivity contribution in [1.29, 1.82) is 0 Å². The van der Waals surface area contributed by atoms with E-state index in [9.17, 15) is 9.59 Å². The number of thiophene rings is 1. The Bertz CT molecular complexity index is 580. The first kappa shape index (κ1) is 16.5. The molecule has 1 aromatic heterocycles. The summed E-state index contributed by atoms with van der Waals surface area (Å²) in [6, 6.07) is 2.71. The molecule has 23 heavy (non-hydrogen) atoms. The van der Waals surface area contributed by atoms with Crippen LogP contribution in [0.1, 0.15) is 43.2 Å². The molecule has 2 aliphatic rings. The maximum absolute atomic E-state index is 12.2. The highest BCUT2D eigenvalue weighted by Crippen LogP contribution is 2.48. The molecule has 0 radical (unpaired) electrons. The van der Waals surface area contributed by atoms with E-state index in [4.69, 9.17) is 0 Å². The fourth-order valence-corrected chi connectivity index (χ4v) is 4.24. The molecule has 1 saturated carbocycles. The predicted molar refractivity (Wildman–Crippen MR) is 91.3 cm³/mol. The maximum Gasteiger partial charge on any atom is 0.239 e. The summed E-state index contributed by atoms with van der Waals surface area (Å²) in [6.07, 6.45) is 3.54. The van der Waals surface area contributed by atoms with Crippen molar-refractivity contribution in [3.05, 3.63) is 21.9 Å². The van der Waals surface area contributed by atoms with Crippen LogP contribution in [0.15, 0.2) is 11.4 Å². The van der Waals surface area contributed by atoms with E-state index in [2.05, 4.69) is 27.0 Å². The van der Waals surface area contributed by atoms with Crippen LogP contribution < -0.4 is 10.6 Å². The first-order valence-corrected chi connectivity index (χ1v) is 9.29. The van der Waals surface area contributed by atoms with Crippen molar-refractivity contribution in [2.24, 2.45) is 5.92 Å². The summed E-state index contributed by atoms with van der Waals surface area (Å²) >= 11 is 1.83. The molecule has 2 amide bonds. The predicted octanol–water partition coefficient (Wildman–Crippen LogP) is 1.70. The fraction of sp³-hybridized carbons (Fsp3) is 0.647. The highest BCUT2D eigenvalue weighted by molar-refractivity contribution is 7.10. The van der Waals surface area contributed by atoms with Crippen LogP contribution >= 0.6 is 11.3 Å². The van der Waals surface area contributed by atoms with Crippen molar-refractivity contribution in [2.45, 2.75) is 45.2 Å². The zero-order valence-electron chi connectivity index (χ0n) is 13.8. The second-order valence-corrected chi connectivity index (χ2v) is 7.80. The fourth-order valence-electron chi connectivity index (χ4n) is 3.33. The molecular formula is C17H25N3O2S. The van der Waals surface area contributed by atoms with E-state index in [1.54, 1.807) is 0 Å². The number of fused-ring (bicyclic) bond motifs is 1. The minimum absolute atomic E-state index is 0.0582. The van der Waals surface area contributed by atoms with Gasteiger partial charge in [0.25, 0.3) is 0 Å². The van der Waals surface area contributed by atoms with Crippen molar-refractivity contribution in [1.82, 2.24) is 15.5 Å². The number of carbonyl (C=O) groups excluding carboxylic acids is 2. The van der Waals surface area contributed by atoms with Crippen LogP contribution in [0.2, 0.25) is 0 Å². The van der Waals surface area contributed by atoms with E-state index in [0.29, 0.717) is 18.5 Å². The topological polar surface area (TPSA) is 61.4 Å². The van der Waals surface area contributed by atoms with Gasteiger partial charge in [-0.2, -0.15) is 0 Å². The van der Waals surface area contributed by atoms with E-state index in [1.165, 1.54) is 23.3 Å². The van der Waals surface area contributed by atoms with Crippen LogP contribution in [0.5, 0.6) is 0 Å². The Hall–Kier alpha value is -1.40. The van der Waals surface area contributed by atoms with Gasteiger partial charge < -0.3 is 10.6 Å². The summed E-state index contributed by atoms with van der Waals surface area (Å²) in [6.45, 7) is 5.19. The van der Waals surface area contributed by atoms with Crippen LogP contribution in [-0.4, -0.2) is 42.4 Å². The van der Waals surface area contributed by atoms with Crippen molar-refractivity contribution >= 4 is 23.2 Å². The average molecular weight is 335 g/mol. The molecule has 3 rings (SSSR count). The molecule has 1 aromatic rings. The first-order valence-electron chi connectivity index (χ1n) is 8.41. The minimum atomic E-state index is -0.133. The van der Waals surface area contributed by atoms with Crippen molar-refractivity contribution in [2.75, 3.05) is 19.6 Å². The number of nitrogens with one attached hydrogen (secondary N) is 2. The van der Waals surface area contributed by atoms with Gasteiger partial charge in [-0.3, -0.25) is 14.5 Å². The molecule has 0 aromatic carbocycles. The van der Waals surface area contributed by atoms with E-state index in [-0.39, 0.29) is 24.4 Å². The largest absolute Gasteiger partial charge is 0.352 e. The zero-order chi connectivity index (χ0) is 16.4. The lowest BCUT2D eigenvalue weighted by molar-refractivity contribution is -0.127. The van der Waals surface area contributed by atoms with Crippen LogP contribution in [0.4, 0.5) is 0 Å². The lowest BCUT2D eigenvalue weighted by atomic mass is 9.96. The number of amides is 2. The lowest BCUT2D eigenvalue weighted by Gasteiger charge is -2.35. The molecule has 2 N–H and O–H groups in total. The molecule has 1 atom stereocenters. The third kappa shape index (κ3) is 4.12. The number of hydrogen-bond acceptors (Lipinski definition) is 4. The number of nitrogens with zero attached hydrogens (tertiary/aromatic N) is 1. The number of carbonyl (C=O) groups is 2. The minimum Gasteiger partial charge on any atom is -0.352 e. The summed E-state index contributed by atoms with van der Waals surface area (Å²) in [7, 11) is 0. The molecule has 1 aliphatic heterocycles. The van der Waals surface area contributed by atoms with Gasteiger partial charge in [-0.25, -0.2) is 0 Å². The van der Waals surface area contributed by atoms with Gasteiger partial charge in [0.2, 0.25) is 11.8 Å². The van der Waals surface area contributed by atoms with E-state index >= 15 is 0 Å². The molecule has 0 saturated heterocycles. The van der Waals surface area contributed by atoms with Crippen LogP contribution in [-0.2, 0) is 16.0 Å². The van der Waals surface area contributed by atoms with Crippen molar-refractivity contribution in [3.8, 4) is 0 Å². The van der Waals surface area contributed by atoms with Gasteiger partial charge in [0.1, 0.15) is 0 Å². The van der Waals surface area contributed by atoms with Crippen molar-refractivity contribution < 1.29 is 9.59 Å². The second kappa shape index (κ2) is 7.01. The molecule has 0 spiro atoms. The van der Waals surface area contributed by atoms with E-state index in [0.717, 1.165) is 13.0 Å². The Labute approximate surface area is 141 Å². The Kier molecular flexibility index (Phi) is 5.02. The van der Waals surface area contributed by atoms with E-state index in [1.807, 2.05) is 25.2 Å². The number of rotatable bonds is 6. The van der Waals surface area contributed by atoms with Crippen LogP contribution in [0.3, 0.4) is 0 Å². The van der Waals surface area contributed by atoms with Crippen molar-refractivity contribution in [3.63, 3.8) is 0 Å². The van der Waals surface area contributed by atoms with Crippen LogP contribution in [0, 0.1) is 5.92 Å². The Morgan fingerprint density at radius 1 is 1.35 bits per heavy atom. The zero-order valence-corrected chi connectivity index (χ0v) is 14.6. The first-order chi connectivity index (χ1) is 11.0. The summed E-state index contributed by atoms with van der Waals surface area (Å²) in [4.78, 5) is 27.6. The third-order valence-electron chi connectivity index (χ3n) is 4.43. The monoisotopic (exact) mass is 335 g/mol. The quantitative estimate of drug-likeness (QED) is 0.832. The lowest BCUT2D eigenvalue weighted by Crippen LogP contribution is -2.46. The molecule has 1 aliphatic carbocycles. The molecule has 0 bridgehead atoms. The van der Waals surface area contributed by atoms with Gasteiger partial charge in [-0.15, -0.1) is 11.3 Å². The molecule has 5 nitrogen and oxygen atoms in total. The standard InChI is InChI=1S/C17H25N3O2S/c1-11(2)19-15(21)9-18-16(22)10-20-7-5-14-13(6-8-23-14)17(20)12-3-4-12/h6,8,11-12,17H,3-5,7,9-10H2,1-2H3,(H,18,22)(H,19,21)/t17-/m1/s1. The summed E-state index contributed by atoms with van der Waals surface area (Å²) in [5.74, 6) is 0.500. The van der Waals surface area contributed by atoms with Crippen LogP contribution in [0.25, 0.3) is 0 Å². The molecule has 0 unspecified atom stereocenters. The van der Waals surface area contributed by atoms with E-state index < -0.39 is 0 Å². The van der Waals surface area contributed by atoms with Gasteiger partial charge in [0.05, 0.1) is 13.1 Å². The SMILES string of the molecule is CC(C)NC(=O)CNC(=O)CN1CCc2sccc2[C@H]1C1CC1. The highest BCUT2D eigenvalue weighted by Gasteiger charge is 2.40. The van der Waals surface area contributed by atoms with Gasteiger partial charge in [0, 0.05) is 23.5 Å². The number of hydrogen-bond donors (Lipinski definition) is 2. The molecule has 2 heterocycles. The molecular weight excluding hydrogens is 310 g/mol. The molecule has 6 heteroatoms. The van der Waals surface area contributed by atoms with Gasteiger partial charge >= 0.3 is 0 Å². The molecule has 126 valence electrons. The van der Waals surface area contributed by atoms with Gasteiger partial charge in [0.15, 0.2) is 0 Å². The summed E-state index contributed by atoms with van der Waals surface area (Å²) in [5, 5.41) is 7.69. The Morgan fingerprint density at radius 3 is 2.83 bits per heavy atom. The van der Waals surface area contributed by atoms with Gasteiger partial charge in [-0.05, 0) is 56.0 Å². The molecule has 1 fully saturated rings. The average Bonchev–Trinajstić information content (AvgIpc) is 3.21. The smallest absolute Gasteiger partial charge is 0.239 e. The Balaban J connectivity index is 1.55.